The van der Waals surface area contributed by atoms with E-state index in [2.05, 4.69) is 10.1 Å². The highest BCUT2D eigenvalue weighted by molar-refractivity contribution is 8.14. The molecule has 128 valence electrons. The average Bonchev–Trinajstić information content (AvgIpc) is 2.83. The number of nitrogens with one attached hydrogen (secondary N) is 1. The van der Waals surface area contributed by atoms with Gasteiger partial charge in [0.1, 0.15) is 5.75 Å². The SMILES string of the molecule is CC1=Nc2c(c(=O)[nH]n2C(C)C)[C@H](c2cccc(OC(C)C)c2)S1. The number of thioether (sulfide) groups is 1. The maximum atomic E-state index is 12.6. The molecule has 2 heterocycles. The molecule has 0 saturated heterocycles. The van der Waals surface area contributed by atoms with Crippen LogP contribution in [0.1, 0.15) is 57.0 Å². The van der Waals surface area contributed by atoms with E-state index in [0.29, 0.717) is 0 Å². The molecule has 6 heteroatoms. The molecule has 0 fully saturated rings. The Morgan fingerprint density at radius 1 is 1.29 bits per heavy atom. The highest BCUT2D eigenvalue weighted by Crippen LogP contribution is 2.44. The van der Waals surface area contributed by atoms with Crippen LogP contribution in [0.5, 0.6) is 5.75 Å². The van der Waals surface area contributed by atoms with Crippen LogP contribution in [0, 0.1) is 0 Å². The monoisotopic (exact) mass is 345 g/mol. The Balaban J connectivity index is 2.09. The molecule has 0 radical (unpaired) electrons. The van der Waals surface area contributed by atoms with Crippen molar-refractivity contribution in [1.29, 1.82) is 0 Å². The Bertz CT molecular complexity index is 833. The van der Waals surface area contributed by atoms with E-state index in [0.717, 1.165) is 27.7 Å². The topological polar surface area (TPSA) is 59.4 Å². The number of fused-ring (bicyclic) bond motifs is 1. The van der Waals surface area contributed by atoms with Crippen LogP contribution in [0.15, 0.2) is 34.1 Å². The number of H-pyrrole nitrogens is 1. The standard InChI is InChI=1S/C18H23N3O2S/c1-10(2)21-17-15(18(22)20-21)16(24-12(5)19-17)13-7-6-8-14(9-13)23-11(3)4/h6-11,16H,1-5H3,(H,20,22)/t16-/m0/s1. The number of nitrogens with zero attached hydrogens (tertiary/aromatic N) is 2. The Morgan fingerprint density at radius 3 is 2.71 bits per heavy atom. The summed E-state index contributed by atoms with van der Waals surface area (Å²) in [5.74, 6) is 1.57. The summed E-state index contributed by atoms with van der Waals surface area (Å²) < 4.78 is 7.65. The first-order valence-electron chi connectivity index (χ1n) is 8.19. The Labute approximate surface area is 146 Å². The zero-order valence-corrected chi connectivity index (χ0v) is 15.5. The lowest BCUT2D eigenvalue weighted by Gasteiger charge is -2.22. The van der Waals surface area contributed by atoms with Gasteiger partial charge in [-0.25, -0.2) is 4.99 Å². The van der Waals surface area contributed by atoms with E-state index in [4.69, 9.17) is 4.74 Å². The molecule has 1 N–H and O–H groups in total. The number of ether oxygens (including phenoxy) is 1. The fourth-order valence-electron chi connectivity index (χ4n) is 2.84. The minimum Gasteiger partial charge on any atom is -0.491 e. The Kier molecular flexibility index (Phi) is 4.58. The predicted octanol–water partition coefficient (Wildman–Crippen LogP) is 4.43. The summed E-state index contributed by atoms with van der Waals surface area (Å²) in [5, 5.41) is 3.81. The van der Waals surface area contributed by atoms with E-state index in [1.807, 2.05) is 63.6 Å². The molecule has 0 amide bonds. The third kappa shape index (κ3) is 3.15. The molecular weight excluding hydrogens is 322 g/mol. The van der Waals surface area contributed by atoms with Crippen molar-refractivity contribution >= 4 is 22.6 Å². The normalized spacial score (nSPS) is 17.1. The minimum atomic E-state index is -0.0723. The van der Waals surface area contributed by atoms with E-state index in [1.54, 1.807) is 11.8 Å². The van der Waals surface area contributed by atoms with E-state index in [9.17, 15) is 4.79 Å². The van der Waals surface area contributed by atoms with Gasteiger partial charge in [0.15, 0.2) is 5.82 Å². The molecule has 5 nitrogen and oxygen atoms in total. The molecular formula is C18H23N3O2S. The van der Waals surface area contributed by atoms with Gasteiger partial charge in [-0.2, -0.15) is 0 Å². The first-order chi connectivity index (χ1) is 11.4. The van der Waals surface area contributed by atoms with Crippen molar-refractivity contribution in [2.75, 3.05) is 0 Å². The molecule has 2 aromatic rings. The molecule has 0 aliphatic carbocycles. The van der Waals surface area contributed by atoms with Crippen LogP contribution < -0.4 is 10.3 Å². The van der Waals surface area contributed by atoms with Crippen molar-refractivity contribution in [3.05, 3.63) is 45.7 Å². The molecule has 1 aliphatic heterocycles. The number of aliphatic imine (C=N–C) groups is 1. The fourth-order valence-corrected chi connectivity index (χ4v) is 3.93. The van der Waals surface area contributed by atoms with E-state index >= 15 is 0 Å². The average molecular weight is 345 g/mol. The van der Waals surface area contributed by atoms with Crippen molar-refractivity contribution in [3.8, 4) is 5.75 Å². The first-order valence-corrected chi connectivity index (χ1v) is 9.07. The molecule has 1 aromatic carbocycles. The van der Waals surface area contributed by atoms with Gasteiger partial charge in [0.05, 0.1) is 22.0 Å². The molecule has 1 atom stereocenters. The van der Waals surface area contributed by atoms with Crippen LogP contribution in [-0.2, 0) is 0 Å². The summed E-state index contributed by atoms with van der Waals surface area (Å²) in [5.41, 5.74) is 1.71. The number of aromatic nitrogens is 2. The molecule has 24 heavy (non-hydrogen) atoms. The smallest absolute Gasteiger partial charge is 0.271 e. The number of rotatable bonds is 4. The van der Waals surface area contributed by atoms with Gasteiger partial charge in [0.2, 0.25) is 0 Å². The van der Waals surface area contributed by atoms with Crippen molar-refractivity contribution in [1.82, 2.24) is 9.78 Å². The number of aromatic amines is 1. The maximum Gasteiger partial charge on any atom is 0.271 e. The van der Waals surface area contributed by atoms with E-state index < -0.39 is 0 Å². The maximum absolute atomic E-state index is 12.6. The van der Waals surface area contributed by atoms with Crippen LogP contribution in [-0.4, -0.2) is 20.9 Å². The summed E-state index contributed by atoms with van der Waals surface area (Å²) in [4.78, 5) is 17.2. The quantitative estimate of drug-likeness (QED) is 0.892. The van der Waals surface area contributed by atoms with Crippen molar-refractivity contribution in [2.45, 2.75) is 52.0 Å². The van der Waals surface area contributed by atoms with Gasteiger partial charge >= 0.3 is 0 Å². The lowest BCUT2D eigenvalue weighted by molar-refractivity contribution is 0.242. The summed E-state index contributed by atoms with van der Waals surface area (Å²) in [6.45, 7) is 10.1. The summed E-state index contributed by atoms with van der Waals surface area (Å²) in [6.07, 6.45) is 0.114. The second-order valence-corrected chi connectivity index (χ2v) is 7.81. The van der Waals surface area contributed by atoms with E-state index in [1.165, 1.54) is 0 Å². The molecule has 1 aromatic heterocycles. The van der Waals surface area contributed by atoms with Gasteiger partial charge in [-0.15, -0.1) is 0 Å². The predicted molar refractivity (Wildman–Crippen MR) is 99.8 cm³/mol. The molecule has 0 unspecified atom stereocenters. The van der Waals surface area contributed by atoms with Gasteiger partial charge in [-0.1, -0.05) is 23.9 Å². The van der Waals surface area contributed by atoms with Gasteiger partial charge in [-0.05, 0) is 52.3 Å². The van der Waals surface area contributed by atoms with Crippen molar-refractivity contribution in [2.24, 2.45) is 4.99 Å². The largest absolute Gasteiger partial charge is 0.491 e. The molecule has 0 bridgehead atoms. The third-order valence-electron chi connectivity index (χ3n) is 3.80. The van der Waals surface area contributed by atoms with Crippen LogP contribution >= 0.6 is 11.8 Å². The van der Waals surface area contributed by atoms with Crippen molar-refractivity contribution in [3.63, 3.8) is 0 Å². The zero-order valence-electron chi connectivity index (χ0n) is 14.7. The first kappa shape index (κ1) is 16.9. The van der Waals surface area contributed by atoms with Crippen LogP contribution in [0.4, 0.5) is 5.82 Å². The van der Waals surface area contributed by atoms with Crippen LogP contribution in [0.25, 0.3) is 0 Å². The molecule has 3 rings (SSSR count). The Morgan fingerprint density at radius 2 is 2.04 bits per heavy atom. The number of hydrogen-bond donors (Lipinski definition) is 1. The summed E-state index contributed by atoms with van der Waals surface area (Å²) >= 11 is 1.61. The summed E-state index contributed by atoms with van der Waals surface area (Å²) in [6, 6.07) is 8.13. The second kappa shape index (κ2) is 6.51. The lowest BCUT2D eigenvalue weighted by atomic mass is 10.1. The third-order valence-corrected chi connectivity index (χ3v) is 4.97. The zero-order chi connectivity index (χ0) is 17.4. The molecule has 0 spiro atoms. The van der Waals surface area contributed by atoms with Gasteiger partial charge in [-0.3, -0.25) is 14.6 Å². The highest BCUT2D eigenvalue weighted by atomic mass is 32.2. The second-order valence-electron chi connectivity index (χ2n) is 6.51. The van der Waals surface area contributed by atoms with Crippen LogP contribution in [0.3, 0.4) is 0 Å². The van der Waals surface area contributed by atoms with Gasteiger partial charge in [0, 0.05) is 6.04 Å². The van der Waals surface area contributed by atoms with E-state index in [-0.39, 0.29) is 23.0 Å². The Hall–Kier alpha value is -1.95. The highest BCUT2D eigenvalue weighted by Gasteiger charge is 2.30. The number of benzene rings is 1. The van der Waals surface area contributed by atoms with Crippen LogP contribution in [0.2, 0.25) is 0 Å². The molecule has 1 aliphatic rings. The van der Waals surface area contributed by atoms with Gasteiger partial charge < -0.3 is 4.74 Å². The fraction of sp³-hybridized carbons (Fsp3) is 0.444. The molecule has 0 saturated carbocycles. The number of hydrogen-bond acceptors (Lipinski definition) is 4. The lowest BCUT2D eigenvalue weighted by Crippen LogP contribution is -2.14. The summed E-state index contributed by atoms with van der Waals surface area (Å²) in [7, 11) is 0. The van der Waals surface area contributed by atoms with Gasteiger partial charge in [0.25, 0.3) is 5.56 Å². The van der Waals surface area contributed by atoms with Crippen molar-refractivity contribution < 1.29 is 4.74 Å². The minimum absolute atomic E-state index is 0.0670.